The summed E-state index contributed by atoms with van der Waals surface area (Å²) >= 11 is 0. The van der Waals surface area contributed by atoms with Crippen molar-refractivity contribution < 1.29 is 19.6 Å². The van der Waals surface area contributed by atoms with E-state index in [4.69, 9.17) is 4.74 Å². The predicted molar refractivity (Wildman–Crippen MR) is 75.2 cm³/mol. The van der Waals surface area contributed by atoms with Crippen LogP contribution in [0.3, 0.4) is 0 Å². The van der Waals surface area contributed by atoms with Crippen molar-refractivity contribution in [2.75, 3.05) is 19.7 Å². The van der Waals surface area contributed by atoms with Crippen molar-refractivity contribution in [1.82, 2.24) is 4.90 Å². The molecule has 2 rings (SSSR count). The number of aliphatic hydroxyl groups excluding tert-OH is 1. The number of hydrogen-bond donors (Lipinski definition) is 1. The summed E-state index contributed by atoms with van der Waals surface area (Å²) in [5, 5.41) is 20.0. The van der Waals surface area contributed by atoms with Crippen LogP contribution in [0.15, 0.2) is 18.2 Å². The Bertz CT molecular complexity index is 560. The molecule has 0 bridgehead atoms. The van der Waals surface area contributed by atoms with Crippen molar-refractivity contribution in [2.24, 2.45) is 0 Å². The number of amides is 1. The first-order valence-electron chi connectivity index (χ1n) is 6.73. The molecule has 21 heavy (non-hydrogen) atoms. The van der Waals surface area contributed by atoms with Crippen molar-refractivity contribution in [2.45, 2.75) is 26.1 Å². The van der Waals surface area contributed by atoms with E-state index in [1.54, 1.807) is 11.8 Å². The van der Waals surface area contributed by atoms with Gasteiger partial charge in [0.05, 0.1) is 23.7 Å². The average Bonchev–Trinajstić information content (AvgIpc) is 2.45. The Hall–Kier alpha value is -1.99. The molecule has 0 spiro atoms. The summed E-state index contributed by atoms with van der Waals surface area (Å²) in [5.41, 5.74) is 0.852. The minimum absolute atomic E-state index is 0.00451. The molecule has 1 fully saturated rings. The maximum absolute atomic E-state index is 12.5. The summed E-state index contributed by atoms with van der Waals surface area (Å²) in [6.07, 6.45) is -0.546. The molecule has 1 aliphatic rings. The molecule has 0 aromatic heterocycles. The van der Waals surface area contributed by atoms with E-state index < -0.39 is 11.0 Å². The molecular formula is C14H18N2O5. The fraction of sp³-hybridized carbons (Fsp3) is 0.500. The molecule has 2 atom stereocenters. The Morgan fingerprint density at radius 1 is 1.52 bits per heavy atom. The van der Waals surface area contributed by atoms with E-state index in [-0.39, 0.29) is 24.3 Å². The van der Waals surface area contributed by atoms with Crippen LogP contribution in [0.4, 0.5) is 5.69 Å². The zero-order chi connectivity index (χ0) is 15.6. The van der Waals surface area contributed by atoms with Crippen molar-refractivity contribution in [3.8, 4) is 0 Å². The van der Waals surface area contributed by atoms with Crippen molar-refractivity contribution in [1.29, 1.82) is 0 Å². The first-order valence-corrected chi connectivity index (χ1v) is 6.73. The van der Waals surface area contributed by atoms with Crippen LogP contribution in [0.1, 0.15) is 22.8 Å². The molecule has 1 heterocycles. The molecule has 1 aromatic carbocycles. The van der Waals surface area contributed by atoms with Gasteiger partial charge in [0.15, 0.2) is 0 Å². The minimum Gasteiger partial charge on any atom is -0.394 e. The van der Waals surface area contributed by atoms with Gasteiger partial charge in [-0.2, -0.15) is 0 Å². The van der Waals surface area contributed by atoms with Crippen molar-refractivity contribution in [3.63, 3.8) is 0 Å². The molecule has 7 nitrogen and oxygen atoms in total. The highest BCUT2D eigenvalue weighted by molar-refractivity contribution is 5.94. The van der Waals surface area contributed by atoms with Gasteiger partial charge in [-0.1, -0.05) is 0 Å². The molecule has 1 amide bonds. The molecule has 1 N–H and O–H groups in total. The Balaban J connectivity index is 2.19. The van der Waals surface area contributed by atoms with Crippen molar-refractivity contribution in [3.05, 3.63) is 39.4 Å². The second kappa shape index (κ2) is 6.19. The average molecular weight is 294 g/mol. The lowest BCUT2D eigenvalue weighted by Gasteiger charge is -2.36. The summed E-state index contributed by atoms with van der Waals surface area (Å²) in [6, 6.07) is 4.33. The maximum atomic E-state index is 12.5. The van der Waals surface area contributed by atoms with Crippen LogP contribution in [0.2, 0.25) is 0 Å². The largest absolute Gasteiger partial charge is 0.394 e. The molecule has 0 aliphatic carbocycles. The summed E-state index contributed by atoms with van der Waals surface area (Å²) in [6.45, 7) is 4.05. The highest BCUT2D eigenvalue weighted by Crippen LogP contribution is 2.21. The van der Waals surface area contributed by atoms with Crippen LogP contribution in [0.25, 0.3) is 0 Å². The van der Waals surface area contributed by atoms with E-state index >= 15 is 0 Å². The zero-order valence-corrected chi connectivity index (χ0v) is 12.0. The standard InChI is InChI=1S/C14H18N2O5/c1-9-5-11(3-4-13(9)16(19)20)14(18)15-6-10(2)21-12(7-15)8-17/h3-5,10,12,17H,6-8H2,1-2H3. The van der Waals surface area contributed by atoms with E-state index in [9.17, 15) is 20.0 Å². The molecule has 0 radical (unpaired) electrons. The Kier molecular flexibility index (Phi) is 4.54. The van der Waals surface area contributed by atoms with Gasteiger partial charge in [-0.3, -0.25) is 14.9 Å². The van der Waals surface area contributed by atoms with Crippen LogP contribution < -0.4 is 0 Å². The number of aryl methyl sites for hydroxylation is 1. The highest BCUT2D eigenvalue weighted by atomic mass is 16.6. The first kappa shape index (κ1) is 15.4. The zero-order valence-electron chi connectivity index (χ0n) is 12.0. The lowest BCUT2D eigenvalue weighted by Crippen LogP contribution is -2.50. The van der Waals surface area contributed by atoms with E-state index in [2.05, 4.69) is 0 Å². The number of carbonyl (C=O) groups excluding carboxylic acids is 1. The minimum atomic E-state index is -0.470. The lowest BCUT2D eigenvalue weighted by molar-refractivity contribution is -0.385. The van der Waals surface area contributed by atoms with Crippen LogP contribution in [0.5, 0.6) is 0 Å². The number of ether oxygens (including phenoxy) is 1. The van der Waals surface area contributed by atoms with Gasteiger partial charge in [0.1, 0.15) is 0 Å². The summed E-state index contributed by atoms with van der Waals surface area (Å²) in [7, 11) is 0. The van der Waals surface area contributed by atoms with Gasteiger partial charge in [0.25, 0.3) is 11.6 Å². The number of nitrogens with zero attached hydrogens (tertiary/aromatic N) is 2. The smallest absolute Gasteiger partial charge is 0.272 e. The van der Waals surface area contributed by atoms with E-state index in [0.717, 1.165) is 0 Å². The Morgan fingerprint density at radius 3 is 2.81 bits per heavy atom. The third kappa shape index (κ3) is 3.37. The quantitative estimate of drug-likeness (QED) is 0.666. The number of morpholine rings is 1. The summed E-state index contributed by atoms with van der Waals surface area (Å²) in [5.74, 6) is -0.207. The van der Waals surface area contributed by atoms with Gasteiger partial charge >= 0.3 is 0 Å². The molecule has 114 valence electrons. The fourth-order valence-corrected chi connectivity index (χ4v) is 2.49. The third-order valence-electron chi connectivity index (χ3n) is 3.46. The second-order valence-electron chi connectivity index (χ2n) is 5.22. The van der Waals surface area contributed by atoms with E-state index in [0.29, 0.717) is 24.2 Å². The molecule has 7 heteroatoms. The van der Waals surface area contributed by atoms with Crippen LogP contribution in [-0.4, -0.2) is 52.7 Å². The number of carbonyl (C=O) groups is 1. The number of hydrogen-bond acceptors (Lipinski definition) is 5. The van der Waals surface area contributed by atoms with Crippen LogP contribution in [-0.2, 0) is 4.74 Å². The lowest BCUT2D eigenvalue weighted by atomic mass is 10.1. The molecule has 1 aromatic rings. The van der Waals surface area contributed by atoms with Gasteiger partial charge < -0.3 is 14.7 Å². The van der Waals surface area contributed by atoms with E-state index in [1.807, 2.05) is 6.92 Å². The topological polar surface area (TPSA) is 92.9 Å². The molecule has 0 saturated carbocycles. The highest BCUT2D eigenvalue weighted by Gasteiger charge is 2.29. The van der Waals surface area contributed by atoms with Gasteiger partial charge in [-0.05, 0) is 26.0 Å². The normalized spacial score (nSPS) is 22.1. The fourth-order valence-electron chi connectivity index (χ4n) is 2.49. The Morgan fingerprint density at radius 2 is 2.24 bits per heavy atom. The van der Waals surface area contributed by atoms with E-state index in [1.165, 1.54) is 18.2 Å². The van der Waals surface area contributed by atoms with Gasteiger partial charge in [0, 0.05) is 30.3 Å². The van der Waals surface area contributed by atoms with Gasteiger partial charge in [-0.25, -0.2) is 0 Å². The first-order chi connectivity index (χ1) is 9.92. The van der Waals surface area contributed by atoms with Gasteiger partial charge in [-0.15, -0.1) is 0 Å². The number of nitro groups is 1. The number of benzene rings is 1. The molecular weight excluding hydrogens is 276 g/mol. The van der Waals surface area contributed by atoms with Crippen molar-refractivity contribution >= 4 is 11.6 Å². The van der Waals surface area contributed by atoms with Crippen LogP contribution >= 0.6 is 0 Å². The second-order valence-corrected chi connectivity index (χ2v) is 5.22. The number of rotatable bonds is 3. The molecule has 1 aliphatic heterocycles. The number of nitro benzene ring substituents is 1. The SMILES string of the molecule is Cc1cc(C(=O)N2CC(C)OC(CO)C2)ccc1[N+](=O)[O-]. The summed E-state index contributed by atoms with van der Waals surface area (Å²) < 4.78 is 5.49. The maximum Gasteiger partial charge on any atom is 0.272 e. The third-order valence-corrected chi connectivity index (χ3v) is 3.46. The monoisotopic (exact) mass is 294 g/mol. The molecule has 1 saturated heterocycles. The predicted octanol–water partition coefficient (Wildman–Crippen LogP) is 1.13. The number of aliphatic hydroxyl groups is 1. The summed E-state index contributed by atoms with van der Waals surface area (Å²) in [4.78, 5) is 24.4. The van der Waals surface area contributed by atoms with Gasteiger partial charge in [0.2, 0.25) is 0 Å². The Labute approximate surface area is 122 Å². The molecule has 2 unspecified atom stereocenters. The van der Waals surface area contributed by atoms with Crippen LogP contribution in [0, 0.1) is 17.0 Å².